The van der Waals surface area contributed by atoms with E-state index in [1.54, 1.807) is 0 Å². The average molecular weight is 233 g/mol. The molecule has 0 aromatic carbocycles. The summed E-state index contributed by atoms with van der Waals surface area (Å²) >= 11 is 0. The van der Waals surface area contributed by atoms with Crippen LogP contribution in [0.3, 0.4) is 0 Å². The molecular formula is C16H27N. The van der Waals surface area contributed by atoms with Crippen molar-refractivity contribution in [1.82, 2.24) is 0 Å². The smallest absolute Gasteiger partial charge is 0.0624 e. The molecule has 0 amide bonds. The maximum Gasteiger partial charge on any atom is 0.0624 e. The molecule has 2 aliphatic carbocycles. The Kier molecular flexibility index (Phi) is 5.36. The molecule has 0 radical (unpaired) electrons. The Balaban J connectivity index is 1.59. The minimum atomic E-state index is 0.728. The summed E-state index contributed by atoms with van der Waals surface area (Å²) in [6.07, 6.45) is 16.7. The highest BCUT2D eigenvalue weighted by atomic mass is 14.3. The minimum Gasteiger partial charge on any atom is -0.198 e. The van der Waals surface area contributed by atoms with Crippen LogP contribution >= 0.6 is 0 Å². The third kappa shape index (κ3) is 4.34. The molecule has 96 valence electrons. The largest absolute Gasteiger partial charge is 0.198 e. The van der Waals surface area contributed by atoms with Gasteiger partial charge in [0.25, 0.3) is 0 Å². The van der Waals surface area contributed by atoms with Crippen LogP contribution in [0.4, 0.5) is 0 Å². The normalized spacial score (nSPS) is 31.0. The molecule has 0 atom stereocenters. The van der Waals surface area contributed by atoms with E-state index in [0.717, 1.165) is 24.2 Å². The zero-order valence-electron chi connectivity index (χ0n) is 11.2. The lowest BCUT2D eigenvalue weighted by Gasteiger charge is -2.29. The van der Waals surface area contributed by atoms with Crippen molar-refractivity contribution in [2.45, 2.75) is 77.0 Å². The molecule has 2 fully saturated rings. The van der Waals surface area contributed by atoms with Gasteiger partial charge in [0, 0.05) is 6.42 Å². The molecule has 0 heterocycles. The van der Waals surface area contributed by atoms with Gasteiger partial charge in [-0.25, -0.2) is 0 Å². The van der Waals surface area contributed by atoms with Gasteiger partial charge in [-0.1, -0.05) is 57.8 Å². The van der Waals surface area contributed by atoms with Crippen molar-refractivity contribution in [3.05, 3.63) is 0 Å². The van der Waals surface area contributed by atoms with Crippen molar-refractivity contribution in [2.75, 3.05) is 0 Å². The number of hydrogen-bond donors (Lipinski definition) is 0. The predicted octanol–water partition coefficient (Wildman–Crippen LogP) is 5.07. The predicted molar refractivity (Wildman–Crippen MR) is 71.5 cm³/mol. The van der Waals surface area contributed by atoms with E-state index >= 15 is 0 Å². The van der Waals surface area contributed by atoms with Gasteiger partial charge in [0.15, 0.2) is 0 Å². The summed E-state index contributed by atoms with van der Waals surface area (Å²) < 4.78 is 0. The van der Waals surface area contributed by atoms with Crippen molar-refractivity contribution in [3.63, 3.8) is 0 Å². The van der Waals surface area contributed by atoms with E-state index in [2.05, 4.69) is 6.07 Å². The molecule has 0 unspecified atom stereocenters. The Labute approximate surface area is 107 Å². The first-order valence-corrected chi connectivity index (χ1v) is 7.75. The third-order valence-corrected chi connectivity index (χ3v) is 5.05. The van der Waals surface area contributed by atoms with Crippen LogP contribution in [-0.4, -0.2) is 0 Å². The number of hydrogen-bond acceptors (Lipinski definition) is 1. The van der Waals surface area contributed by atoms with Gasteiger partial charge in [0.2, 0.25) is 0 Å². The van der Waals surface area contributed by atoms with E-state index in [-0.39, 0.29) is 0 Å². The molecule has 0 aromatic rings. The second-order valence-corrected chi connectivity index (χ2v) is 6.33. The lowest BCUT2D eigenvalue weighted by molar-refractivity contribution is 0.237. The molecule has 0 N–H and O–H groups in total. The fourth-order valence-corrected chi connectivity index (χ4v) is 3.80. The summed E-state index contributed by atoms with van der Waals surface area (Å²) in [6.45, 7) is 0. The molecule has 0 spiro atoms. The molecule has 1 nitrogen and oxygen atoms in total. The van der Waals surface area contributed by atoms with Gasteiger partial charge >= 0.3 is 0 Å². The van der Waals surface area contributed by atoms with Crippen molar-refractivity contribution in [2.24, 2.45) is 17.8 Å². The van der Waals surface area contributed by atoms with Gasteiger partial charge in [-0.2, -0.15) is 5.26 Å². The SMILES string of the molecule is N#CCC1CCC(CCC2CCCCC2)CC1. The number of nitriles is 1. The first-order chi connectivity index (χ1) is 8.38. The Morgan fingerprint density at radius 3 is 1.82 bits per heavy atom. The van der Waals surface area contributed by atoms with Crippen LogP contribution in [0.15, 0.2) is 0 Å². The second-order valence-electron chi connectivity index (χ2n) is 6.33. The standard InChI is InChI=1S/C16H27N/c17-13-12-16-10-8-15(9-11-16)7-6-14-4-2-1-3-5-14/h14-16H,1-12H2. The van der Waals surface area contributed by atoms with Gasteiger partial charge in [-0.3, -0.25) is 0 Å². The fraction of sp³-hybridized carbons (Fsp3) is 0.938. The van der Waals surface area contributed by atoms with Gasteiger partial charge in [0.05, 0.1) is 6.07 Å². The maximum absolute atomic E-state index is 8.71. The maximum atomic E-state index is 8.71. The van der Waals surface area contributed by atoms with E-state index in [1.807, 2.05) is 0 Å². The zero-order chi connectivity index (χ0) is 11.9. The van der Waals surface area contributed by atoms with Crippen LogP contribution < -0.4 is 0 Å². The van der Waals surface area contributed by atoms with Gasteiger partial charge < -0.3 is 0 Å². The number of nitrogens with zero attached hydrogens (tertiary/aromatic N) is 1. The Morgan fingerprint density at radius 1 is 0.706 bits per heavy atom. The highest BCUT2D eigenvalue weighted by molar-refractivity contribution is 4.81. The monoisotopic (exact) mass is 233 g/mol. The van der Waals surface area contributed by atoms with E-state index < -0.39 is 0 Å². The Morgan fingerprint density at radius 2 is 1.24 bits per heavy atom. The average Bonchev–Trinajstić information content (AvgIpc) is 2.40. The van der Waals surface area contributed by atoms with Gasteiger partial charge in [-0.05, 0) is 30.6 Å². The van der Waals surface area contributed by atoms with Crippen LogP contribution in [0.1, 0.15) is 77.0 Å². The zero-order valence-corrected chi connectivity index (χ0v) is 11.2. The quantitative estimate of drug-likeness (QED) is 0.665. The highest BCUT2D eigenvalue weighted by Gasteiger charge is 2.22. The molecule has 1 heteroatoms. The summed E-state index contributed by atoms with van der Waals surface area (Å²) in [5.41, 5.74) is 0. The molecule has 0 saturated heterocycles. The van der Waals surface area contributed by atoms with Crippen LogP contribution in [0.25, 0.3) is 0 Å². The highest BCUT2D eigenvalue weighted by Crippen LogP contribution is 2.35. The summed E-state index contributed by atoms with van der Waals surface area (Å²) in [7, 11) is 0. The number of rotatable bonds is 4. The summed E-state index contributed by atoms with van der Waals surface area (Å²) in [4.78, 5) is 0. The summed E-state index contributed by atoms with van der Waals surface area (Å²) in [5, 5.41) is 8.71. The van der Waals surface area contributed by atoms with E-state index in [1.165, 1.54) is 70.6 Å². The van der Waals surface area contributed by atoms with Crippen LogP contribution in [0.5, 0.6) is 0 Å². The van der Waals surface area contributed by atoms with Crippen molar-refractivity contribution in [3.8, 4) is 6.07 Å². The molecule has 2 saturated carbocycles. The molecule has 2 aliphatic rings. The topological polar surface area (TPSA) is 23.8 Å². The summed E-state index contributed by atoms with van der Waals surface area (Å²) in [5.74, 6) is 2.78. The summed E-state index contributed by atoms with van der Waals surface area (Å²) in [6, 6.07) is 2.34. The van der Waals surface area contributed by atoms with E-state index in [4.69, 9.17) is 5.26 Å². The van der Waals surface area contributed by atoms with Gasteiger partial charge in [-0.15, -0.1) is 0 Å². The lowest BCUT2D eigenvalue weighted by atomic mass is 9.76. The van der Waals surface area contributed by atoms with E-state index in [0.29, 0.717) is 0 Å². The second kappa shape index (κ2) is 7.04. The first kappa shape index (κ1) is 12.9. The van der Waals surface area contributed by atoms with E-state index in [9.17, 15) is 0 Å². The third-order valence-electron chi connectivity index (χ3n) is 5.05. The van der Waals surface area contributed by atoms with Gasteiger partial charge in [0.1, 0.15) is 0 Å². The molecule has 17 heavy (non-hydrogen) atoms. The lowest BCUT2D eigenvalue weighted by Crippen LogP contribution is -2.16. The molecule has 0 bridgehead atoms. The molecular weight excluding hydrogens is 206 g/mol. The molecule has 0 aromatic heterocycles. The Hall–Kier alpha value is -0.510. The van der Waals surface area contributed by atoms with Crippen molar-refractivity contribution >= 4 is 0 Å². The minimum absolute atomic E-state index is 0.728. The van der Waals surface area contributed by atoms with Crippen LogP contribution in [-0.2, 0) is 0 Å². The van der Waals surface area contributed by atoms with Crippen molar-refractivity contribution in [1.29, 1.82) is 5.26 Å². The van der Waals surface area contributed by atoms with Crippen LogP contribution in [0.2, 0.25) is 0 Å². The van der Waals surface area contributed by atoms with Crippen molar-refractivity contribution < 1.29 is 0 Å². The fourth-order valence-electron chi connectivity index (χ4n) is 3.80. The molecule has 2 rings (SSSR count). The first-order valence-electron chi connectivity index (χ1n) is 7.75. The van der Waals surface area contributed by atoms with Crippen LogP contribution in [0, 0.1) is 29.1 Å². The Bertz CT molecular complexity index is 239. The molecule has 0 aliphatic heterocycles.